The Kier molecular flexibility index (Phi) is 8.31. The van der Waals surface area contributed by atoms with Gasteiger partial charge in [0.25, 0.3) is 0 Å². The maximum Gasteiger partial charge on any atom is 0.243 e. The predicted octanol–water partition coefficient (Wildman–Crippen LogP) is 3.17. The first-order chi connectivity index (χ1) is 13.8. The number of rotatable bonds is 6. The Morgan fingerprint density at radius 1 is 1.17 bits per heavy atom. The topological polar surface area (TPSA) is 84.5 Å². The highest BCUT2D eigenvalue weighted by Crippen LogP contribution is 2.25. The summed E-state index contributed by atoms with van der Waals surface area (Å²) in [6.07, 6.45) is 4.27. The van der Waals surface area contributed by atoms with E-state index in [1.165, 1.54) is 29.9 Å². The molecule has 1 aliphatic rings. The van der Waals surface area contributed by atoms with Crippen LogP contribution < -0.4 is 10.0 Å². The first kappa shape index (κ1) is 23.0. The maximum absolute atomic E-state index is 13.1. The van der Waals surface area contributed by atoms with Crippen LogP contribution >= 0.6 is 0 Å². The monoisotopic (exact) mass is 422 g/mol. The van der Waals surface area contributed by atoms with E-state index in [0.717, 1.165) is 38.0 Å². The zero-order valence-corrected chi connectivity index (χ0v) is 17.7. The summed E-state index contributed by atoms with van der Waals surface area (Å²) in [5.74, 6) is -0.884. The molecule has 2 N–H and O–H groups in total. The van der Waals surface area contributed by atoms with Crippen molar-refractivity contribution in [1.82, 2.24) is 4.72 Å². The summed E-state index contributed by atoms with van der Waals surface area (Å²) in [7, 11) is -0.711. The molecule has 0 saturated carbocycles. The second-order valence-electron chi connectivity index (χ2n) is 6.57. The van der Waals surface area contributed by atoms with Gasteiger partial charge < -0.3 is 10.1 Å². The minimum absolute atomic E-state index is 0.111. The van der Waals surface area contributed by atoms with Crippen LogP contribution in [0.25, 0.3) is 0 Å². The predicted molar refractivity (Wildman–Crippen MR) is 111 cm³/mol. The van der Waals surface area contributed by atoms with Crippen molar-refractivity contribution in [2.24, 2.45) is 0 Å². The van der Waals surface area contributed by atoms with Crippen molar-refractivity contribution >= 4 is 22.0 Å². The van der Waals surface area contributed by atoms with Gasteiger partial charge in [0, 0.05) is 24.9 Å². The number of ether oxygens (including phenoxy) is 1. The van der Waals surface area contributed by atoms with Crippen molar-refractivity contribution < 1.29 is 22.3 Å². The SMILES string of the molecule is CCOC1CCc2cc(NC)ccc2C1.CNS(=O)(=O)c1cc(C=O)ccc1F. The quantitative estimate of drug-likeness (QED) is 0.699. The number of halogens is 1. The first-order valence-electron chi connectivity index (χ1n) is 9.44. The van der Waals surface area contributed by atoms with Crippen molar-refractivity contribution in [1.29, 1.82) is 0 Å². The highest BCUT2D eigenvalue weighted by Gasteiger charge is 2.19. The average Bonchev–Trinajstić information content (AvgIpc) is 2.74. The third-order valence-electron chi connectivity index (χ3n) is 4.73. The molecule has 6 nitrogen and oxygen atoms in total. The van der Waals surface area contributed by atoms with E-state index in [2.05, 4.69) is 30.4 Å². The lowest BCUT2D eigenvalue weighted by Crippen LogP contribution is -2.22. The van der Waals surface area contributed by atoms with E-state index in [0.29, 0.717) is 12.4 Å². The van der Waals surface area contributed by atoms with Crippen molar-refractivity contribution in [3.8, 4) is 0 Å². The Bertz CT molecular complexity index is 948. The van der Waals surface area contributed by atoms with Crippen molar-refractivity contribution in [3.05, 3.63) is 58.9 Å². The number of hydrogen-bond donors (Lipinski definition) is 2. The van der Waals surface area contributed by atoms with Crippen LogP contribution in [-0.4, -0.2) is 41.5 Å². The molecule has 3 rings (SSSR count). The van der Waals surface area contributed by atoms with E-state index in [9.17, 15) is 17.6 Å². The number of carbonyl (C=O) groups is 1. The first-order valence-corrected chi connectivity index (χ1v) is 10.9. The van der Waals surface area contributed by atoms with Crippen LogP contribution in [0, 0.1) is 5.82 Å². The highest BCUT2D eigenvalue weighted by atomic mass is 32.2. The van der Waals surface area contributed by atoms with E-state index in [-0.39, 0.29) is 5.56 Å². The van der Waals surface area contributed by atoms with Crippen LogP contribution in [0.1, 0.15) is 34.8 Å². The Balaban J connectivity index is 0.000000208. The fourth-order valence-electron chi connectivity index (χ4n) is 3.16. The molecule has 158 valence electrons. The molecule has 0 bridgehead atoms. The fourth-order valence-corrected chi connectivity index (χ4v) is 4.00. The van der Waals surface area contributed by atoms with Gasteiger partial charge in [-0.15, -0.1) is 0 Å². The summed E-state index contributed by atoms with van der Waals surface area (Å²) in [6.45, 7) is 2.90. The highest BCUT2D eigenvalue weighted by molar-refractivity contribution is 7.89. The molecular weight excluding hydrogens is 395 g/mol. The third kappa shape index (κ3) is 6.09. The number of aldehydes is 1. The molecule has 0 aromatic heterocycles. The number of anilines is 1. The molecule has 0 spiro atoms. The molecule has 0 heterocycles. The Labute approximate surface area is 171 Å². The van der Waals surface area contributed by atoms with Crippen LogP contribution in [0.5, 0.6) is 0 Å². The van der Waals surface area contributed by atoms with Crippen molar-refractivity contribution in [3.63, 3.8) is 0 Å². The van der Waals surface area contributed by atoms with Gasteiger partial charge in [-0.2, -0.15) is 0 Å². The summed E-state index contributed by atoms with van der Waals surface area (Å²) >= 11 is 0. The zero-order valence-electron chi connectivity index (χ0n) is 16.9. The summed E-state index contributed by atoms with van der Waals surface area (Å²) in [4.78, 5) is 9.82. The third-order valence-corrected chi connectivity index (χ3v) is 6.16. The number of fused-ring (bicyclic) bond motifs is 1. The van der Waals surface area contributed by atoms with Gasteiger partial charge in [0.2, 0.25) is 10.0 Å². The molecule has 0 aliphatic heterocycles. The van der Waals surface area contributed by atoms with Gasteiger partial charge in [-0.25, -0.2) is 17.5 Å². The van der Waals surface area contributed by atoms with E-state index in [1.54, 1.807) is 0 Å². The molecule has 0 fully saturated rings. The molecule has 0 saturated heterocycles. The second-order valence-corrected chi connectivity index (χ2v) is 8.42. The zero-order chi connectivity index (χ0) is 21.4. The normalized spacial score (nSPS) is 15.7. The number of hydrogen-bond acceptors (Lipinski definition) is 5. The molecule has 1 atom stereocenters. The molecule has 1 unspecified atom stereocenters. The van der Waals surface area contributed by atoms with Gasteiger partial charge in [-0.05, 0) is 74.7 Å². The minimum Gasteiger partial charge on any atom is -0.388 e. The maximum atomic E-state index is 13.1. The Morgan fingerprint density at radius 2 is 1.93 bits per heavy atom. The Morgan fingerprint density at radius 3 is 2.55 bits per heavy atom. The lowest BCUT2D eigenvalue weighted by molar-refractivity contribution is 0.0535. The number of nitrogens with one attached hydrogen (secondary N) is 2. The van der Waals surface area contributed by atoms with E-state index >= 15 is 0 Å². The number of aryl methyl sites for hydroxylation is 1. The molecule has 0 radical (unpaired) electrons. The minimum atomic E-state index is -3.85. The van der Waals surface area contributed by atoms with Gasteiger partial charge in [0.1, 0.15) is 17.0 Å². The lowest BCUT2D eigenvalue weighted by Gasteiger charge is -2.24. The largest absolute Gasteiger partial charge is 0.388 e. The van der Waals surface area contributed by atoms with Crippen LogP contribution in [0.2, 0.25) is 0 Å². The molecule has 2 aromatic carbocycles. The summed E-state index contributed by atoms with van der Waals surface area (Å²) in [5.41, 5.74) is 4.26. The fraction of sp³-hybridized carbons (Fsp3) is 0.381. The van der Waals surface area contributed by atoms with Gasteiger partial charge in [-0.1, -0.05) is 6.07 Å². The van der Waals surface area contributed by atoms with Crippen LogP contribution in [0.4, 0.5) is 10.1 Å². The molecule has 2 aromatic rings. The molecule has 8 heteroatoms. The van der Waals surface area contributed by atoms with Gasteiger partial charge >= 0.3 is 0 Å². The van der Waals surface area contributed by atoms with Crippen molar-refractivity contribution in [2.75, 3.05) is 26.0 Å². The average molecular weight is 423 g/mol. The number of benzene rings is 2. The number of sulfonamides is 1. The summed E-state index contributed by atoms with van der Waals surface area (Å²) in [5, 5.41) is 3.18. The smallest absolute Gasteiger partial charge is 0.243 e. The summed E-state index contributed by atoms with van der Waals surface area (Å²) < 4.78 is 43.1. The standard InChI is InChI=1S/C13H19NO.C8H8FNO3S/c1-3-15-13-7-5-10-8-12(14-2)6-4-11(10)9-13;1-10-14(12,13)8-4-6(5-11)2-3-7(8)9/h4,6,8,13-14H,3,5,7,9H2,1-2H3;2-5,10H,1H3. The number of carbonyl (C=O) groups excluding carboxylic acids is 1. The van der Waals surface area contributed by atoms with Crippen LogP contribution in [0.3, 0.4) is 0 Å². The Hall–Kier alpha value is -2.29. The molecule has 1 aliphatic carbocycles. The van der Waals surface area contributed by atoms with Crippen LogP contribution in [0.15, 0.2) is 41.3 Å². The molecular formula is C21H27FN2O4S. The van der Waals surface area contributed by atoms with Crippen LogP contribution in [-0.2, 0) is 27.6 Å². The molecule has 0 amide bonds. The second kappa shape index (κ2) is 10.5. The lowest BCUT2D eigenvalue weighted by atomic mass is 9.89. The molecule has 29 heavy (non-hydrogen) atoms. The van der Waals surface area contributed by atoms with Crippen molar-refractivity contribution in [2.45, 2.75) is 37.2 Å². The summed E-state index contributed by atoms with van der Waals surface area (Å²) in [6, 6.07) is 9.76. The van der Waals surface area contributed by atoms with Gasteiger partial charge in [-0.3, -0.25) is 4.79 Å². The van der Waals surface area contributed by atoms with E-state index < -0.39 is 20.7 Å². The van der Waals surface area contributed by atoms with E-state index in [4.69, 9.17) is 4.74 Å². The van der Waals surface area contributed by atoms with Gasteiger partial charge in [0.05, 0.1) is 6.10 Å². The van der Waals surface area contributed by atoms with E-state index in [1.807, 2.05) is 11.8 Å². The van der Waals surface area contributed by atoms with Gasteiger partial charge in [0.15, 0.2) is 0 Å².